The Hall–Kier alpha value is -3.04. The third-order valence-corrected chi connectivity index (χ3v) is 8.50. The maximum Gasteiger partial charge on any atom is 0.573 e. The van der Waals surface area contributed by atoms with Crippen LogP contribution in [0.1, 0.15) is 36.8 Å². The minimum absolute atomic E-state index is 0.129. The molecule has 9 heteroatoms. The lowest BCUT2D eigenvalue weighted by Gasteiger charge is -2.40. The average Bonchev–Trinajstić information content (AvgIpc) is 3.00. The van der Waals surface area contributed by atoms with E-state index in [4.69, 9.17) is 4.78 Å². The van der Waals surface area contributed by atoms with Gasteiger partial charge in [0.25, 0.3) is 0 Å². The lowest BCUT2D eigenvalue weighted by atomic mass is 9.89. The monoisotopic (exact) mass is 515 g/mol. The van der Waals surface area contributed by atoms with Gasteiger partial charge in [0.05, 0.1) is 4.90 Å². The Balaban J connectivity index is 1.37. The van der Waals surface area contributed by atoms with Crippen molar-refractivity contribution in [2.24, 2.45) is 0 Å². The van der Waals surface area contributed by atoms with Crippen molar-refractivity contribution in [1.29, 1.82) is 4.78 Å². The van der Waals surface area contributed by atoms with Gasteiger partial charge in [0.2, 0.25) is 0 Å². The minimum Gasteiger partial charge on any atom is -0.406 e. The van der Waals surface area contributed by atoms with Crippen molar-refractivity contribution >= 4 is 21.3 Å². The lowest BCUT2D eigenvalue weighted by molar-refractivity contribution is -0.274. The fourth-order valence-electron chi connectivity index (χ4n) is 5.35. The van der Waals surface area contributed by atoms with Crippen LogP contribution < -0.4 is 14.4 Å². The summed E-state index contributed by atoms with van der Waals surface area (Å²) in [6.07, 6.45) is 0.496. The predicted octanol–water partition coefficient (Wildman–Crippen LogP) is 6.74. The van der Waals surface area contributed by atoms with Gasteiger partial charge in [-0.05, 0) is 86.1 Å². The van der Waals surface area contributed by atoms with Crippen LogP contribution in [0.15, 0.2) is 77.7 Å². The van der Waals surface area contributed by atoms with Crippen LogP contribution in [0.4, 0.5) is 24.5 Å². The molecule has 3 atom stereocenters. The lowest BCUT2D eigenvalue weighted by Crippen LogP contribution is -2.44. The van der Waals surface area contributed by atoms with E-state index in [-0.39, 0.29) is 17.0 Å². The molecule has 3 aromatic rings. The summed E-state index contributed by atoms with van der Waals surface area (Å²) >= 11 is 0. The average molecular weight is 516 g/mol. The summed E-state index contributed by atoms with van der Waals surface area (Å²) in [4.78, 5) is 2.55. The first-order valence-electron chi connectivity index (χ1n) is 12.1. The molecule has 5 rings (SSSR count). The molecule has 5 nitrogen and oxygen atoms in total. The molecule has 0 saturated heterocycles. The Kier molecular flexibility index (Phi) is 6.70. The maximum atomic E-state index is 13.3. The van der Waals surface area contributed by atoms with Crippen LogP contribution in [0.25, 0.3) is 0 Å². The van der Waals surface area contributed by atoms with Crippen molar-refractivity contribution in [1.82, 2.24) is 4.72 Å². The first-order chi connectivity index (χ1) is 17.2. The normalized spacial score (nSPS) is 21.6. The Bertz CT molecular complexity index is 1280. The summed E-state index contributed by atoms with van der Waals surface area (Å²) < 4.78 is 66.0. The highest BCUT2D eigenvalue weighted by Crippen LogP contribution is 2.41. The van der Waals surface area contributed by atoms with E-state index < -0.39 is 22.0 Å². The van der Waals surface area contributed by atoms with E-state index in [1.807, 2.05) is 0 Å². The number of ether oxygens (including phenoxy) is 1. The summed E-state index contributed by atoms with van der Waals surface area (Å²) in [7, 11) is -3.41. The Morgan fingerprint density at radius 1 is 0.889 bits per heavy atom. The molecule has 1 heterocycles. The van der Waals surface area contributed by atoms with Gasteiger partial charge in [0, 0.05) is 23.5 Å². The second-order valence-corrected chi connectivity index (χ2v) is 11.2. The third-order valence-electron chi connectivity index (χ3n) is 6.90. The second kappa shape index (κ2) is 9.78. The number of halogens is 3. The quantitative estimate of drug-likeness (QED) is 0.395. The van der Waals surface area contributed by atoms with Gasteiger partial charge < -0.3 is 9.64 Å². The molecule has 2 aliphatic rings. The number of benzene rings is 3. The number of hydrogen-bond donors (Lipinski definition) is 2. The van der Waals surface area contributed by atoms with Gasteiger partial charge in [-0.25, -0.2) is 13.7 Å². The van der Waals surface area contributed by atoms with Gasteiger partial charge in [-0.1, -0.05) is 36.4 Å². The number of fused-ring (bicyclic) bond motifs is 2. The number of anilines is 2. The molecule has 0 bridgehead atoms. The summed E-state index contributed by atoms with van der Waals surface area (Å²) in [5, 5.41) is 0. The number of para-hydroxylation sites is 2. The number of nitrogens with one attached hydrogen (secondary N) is 2. The second-order valence-electron chi connectivity index (χ2n) is 9.34. The molecule has 36 heavy (non-hydrogen) atoms. The number of rotatable bonds is 5. The van der Waals surface area contributed by atoms with Gasteiger partial charge in [0.1, 0.15) is 15.7 Å². The van der Waals surface area contributed by atoms with Gasteiger partial charge in [-0.15, -0.1) is 13.2 Å². The third kappa shape index (κ3) is 5.37. The Morgan fingerprint density at radius 3 is 2.06 bits per heavy atom. The molecule has 0 radical (unpaired) electrons. The van der Waals surface area contributed by atoms with E-state index in [1.165, 1.54) is 34.6 Å². The zero-order chi connectivity index (χ0) is 25.3. The smallest absolute Gasteiger partial charge is 0.406 e. The van der Waals surface area contributed by atoms with Crippen molar-refractivity contribution in [3.63, 3.8) is 0 Å². The van der Waals surface area contributed by atoms with Gasteiger partial charge in [-0.3, -0.25) is 0 Å². The molecular weight excluding hydrogens is 487 g/mol. The summed E-state index contributed by atoms with van der Waals surface area (Å²) in [5.74, 6) is -0.405. The fraction of sp³-hybridized carbons (Fsp3) is 0.333. The molecule has 0 spiro atoms. The van der Waals surface area contributed by atoms with E-state index in [2.05, 4.69) is 62.9 Å². The molecule has 190 valence electrons. The highest BCUT2D eigenvalue weighted by molar-refractivity contribution is 7.90. The summed E-state index contributed by atoms with van der Waals surface area (Å²) in [5.41, 5.74) is 4.99. The van der Waals surface area contributed by atoms with Crippen molar-refractivity contribution in [2.45, 2.75) is 61.9 Å². The highest BCUT2D eigenvalue weighted by atomic mass is 32.2. The van der Waals surface area contributed by atoms with Crippen LogP contribution in [0.2, 0.25) is 0 Å². The SMILES string of the molecule is N=S(=O)(NC1CCCC(N2c3ccccc3CCc3ccccc32)C1)c1ccc(OC(F)(F)F)cc1. The molecule has 3 unspecified atom stereocenters. The van der Waals surface area contributed by atoms with Crippen LogP contribution in [0.3, 0.4) is 0 Å². The molecule has 0 aromatic heterocycles. The van der Waals surface area contributed by atoms with Crippen molar-refractivity contribution in [2.75, 3.05) is 4.90 Å². The molecule has 1 aliphatic carbocycles. The fourth-order valence-corrected chi connectivity index (χ4v) is 6.69. The van der Waals surface area contributed by atoms with E-state index in [1.54, 1.807) is 0 Å². The molecule has 2 N–H and O–H groups in total. The van der Waals surface area contributed by atoms with Crippen LogP contribution in [0.5, 0.6) is 5.75 Å². The molecule has 0 amide bonds. The molecule has 1 aliphatic heterocycles. The van der Waals surface area contributed by atoms with Crippen molar-refractivity contribution in [3.05, 3.63) is 83.9 Å². The first-order valence-corrected chi connectivity index (χ1v) is 13.6. The Labute approximate surface area is 209 Å². The van der Waals surface area contributed by atoms with Crippen LogP contribution in [0, 0.1) is 4.78 Å². The molecule has 3 aromatic carbocycles. The van der Waals surface area contributed by atoms with E-state index in [0.717, 1.165) is 44.2 Å². The van der Waals surface area contributed by atoms with Gasteiger partial charge in [0.15, 0.2) is 0 Å². The minimum atomic E-state index is -4.80. The Morgan fingerprint density at radius 2 is 1.47 bits per heavy atom. The topological polar surface area (TPSA) is 65.4 Å². The molecule has 1 fully saturated rings. The van der Waals surface area contributed by atoms with Crippen molar-refractivity contribution < 1.29 is 22.1 Å². The number of nitrogens with zero attached hydrogens (tertiary/aromatic N) is 1. The number of alkyl halides is 3. The van der Waals surface area contributed by atoms with Crippen LogP contribution in [-0.2, 0) is 22.8 Å². The molecule has 1 saturated carbocycles. The summed E-state index contributed by atoms with van der Waals surface area (Å²) in [6, 6.07) is 21.6. The summed E-state index contributed by atoms with van der Waals surface area (Å²) in [6.45, 7) is 0. The van der Waals surface area contributed by atoms with Crippen molar-refractivity contribution in [3.8, 4) is 5.75 Å². The largest absolute Gasteiger partial charge is 0.573 e. The predicted molar refractivity (Wildman–Crippen MR) is 134 cm³/mol. The highest BCUT2D eigenvalue weighted by Gasteiger charge is 2.33. The first kappa shape index (κ1) is 24.6. The number of hydrogen-bond acceptors (Lipinski definition) is 4. The van der Waals surface area contributed by atoms with E-state index in [9.17, 15) is 17.4 Å². The zero-order valence-corrected chi connectivity index (χ0v) is 20.4. The zero-order valence-electron chi connectivity index (χ0n) is 19.6. The van der Waals surface area contributed by atoms with Crippen LogP contribution >= 0.6 is 0 Å². The number of aryl methyl sites for hydroxylation is 2. The van der Waals surface area contributed by atoms with E-state index in [0.29, 0.717) is 6.42 Å². The van der Waals surface area contributed by atoms with E-state index >= 15 is 0 Å². The standard InChI is InChI=1S/C27H28F3N3O2S/c28-27(29,30)35-23-14-16-24(17-15-23)36(31,34)32-21-8-5-9-22(18-21)33-25-10-3-1-6-19(25)12-13-20-7-2-4-11-26(20)33/h1-4,6-7,10-11,14-17,21-22H,5,8-9,12-13,18H2,(H2,31,32,34). The molecular formula is C27H28F3N3O2S. The van der Waals surface area contributed by atoms with Gasteiger partial charge >= 0.3 is 6.36 Å². The van der Waals surface area contributed by atoms with Crippen LogP contribution in [-0.4, -0.2) is 22.7 Å². The maximum absolute atomic E-state index is 13.3. The van der Waals surface area contributed by atoms with Gasteiger partial charge in [-0.2, -0.15) is 0 Å².